The molecule has 1 radical (unpaired) electrons. The zero-order valence-corrected chi connectivity index (χ0v) is 15.7. The summed E-state index contributed by atoms with van der Waals surface area (Å²) in [6, 6.07) is 15.5. The van der Waals surface area contributed by atoms with Crippen molar-refractivity contribution in [3.8, 4) is 0 Å². The van der Waals surface area contributed by atoms with Gasteiger partial charge < -0.3 is 0 Å². The van der Waals surface area contributed by atoms with E-state index >= 15 is 0 Å². The average molecular weight is 327 g/mol. The van der Waals surface area contributed by atoms with E-state index < -0.39 is 0 Å². The van der Waals surface area contributed by atoms with Crippen molar-refractivity contribution >= 4 is 24.7 Å². The fourth-order valence-electron chi connectivity index (χ4n) is 3.14. The second-order valence-electron chi connectivity index (χ2n) is 6.56. The Hall–Kier alpha value is -0.870. The van der Waals surface area contributed by atoms with E-state index in [1.54, 1.807) is 0 Å². The molecule has 23 heavy (non-hydrogen) atoms. The summed E-state index contributed by atoms with van der Waals surface area (Å²) in [5, 5.41) is 4.31. The lowest BCUT2D eigenvalue weighted by Crippen LogP contribution is -1.97. The van der Waals surface area contributed by atoms with E-state index in [1.165, 1.54) is 95.0 Å². The largest absolute Gasteiger partial charge is 0.0654 e. The molecule has 0 amide bonds. The molecule has 0 spiro atoms. The molecule has 0 unspecified atom stereocenters. The zero-order chi connectivity index (χ0) is 16.2. The molecule has 0 atom stereocenters. The van der Waals surface area contributed by atoms with Crippen molar-refractivity contribution in [1.82, 2.24) is 0 Å². The van der Waals surface area contributed by atoms with Crippen LogP contribution in [0.5, 0.6) is 0 Å². The van der Waals surface area contributed by atoms with Crippen molar-refractivity contribution in [2.75, 3.05) is 6.16 Å². The summed E-state index contributed by atoms with van der Waals surface area (Å²) in [7, 11) is 1.50. The van der Waals surface area contributed by atoms with Crippen LogP contribution in [0, 0.1) is 0 Å². The summed E-state index contributed by atoms with van der Waals surface area (Å²) in [5.41, 5.74) is 0. The Bertz CT molecular complexity index is 541. The Labute approximate surface area is 144 Å². The van der Waals surface area contributed by atoms with E-state index in [9.17, 15) is 0 Å². The quantitative estimate of drug-likeness (QED) is 0.283. The number of rotatable bonds is 12. The summed E-state index contributed by atoms with van der Waals surface area (Å²) in [5.74, 6) is 0. The Morgan fingerprint density at radius 1 is 0.652 bits per heavy atom. The maximum Gasteiger partial charge on any atom is -0.0103 e. The summed E-state index contributed by atoms with van der Waals surface area (Å²) < 4.78 is 0. The normalized spacial score (nSPS) is 11.7. The average Bonchev–Trinajstić information content (AvgIpc) is 2.60. The minimum atomic E-state index is 1.31. The van der Waals surface area contributed by atoms with E-state index in [0.717, 1.165) is 0 Å². The van der Waals surface area contributed by atoms with Gasteiger partial charge in [-0.15, -0.1) is 0 Å². The topological polar surface area (TPSA) is 0 Å². The highest BCUT2D eigenvalue weighted by Gasteiger charge is 2.00. The minimum absolute atomic E-state index is 1.31. The van der Waals surface area contributed by atoms with E-state index in [2.05, 4.69) is 49.4 Å². The van der Waals surface area contributed by atoms with Gasteiger partial charge in [0.1, 0.15) is 0 Å². The van der Waals surface area contributed by atoms with Crippen LogP contribution in [-0.4, -0.2) is 6.16 Å². The summed E-state index contributed by atoms with van der Waals surface area (Å²) in [6.45, 7) is 2.29. The van der Waals surface area contributed by atoms with Gasteiger partial charge in [-0.2, -0.15) is 0 Å². The first kappa shape index (κ1) is 18.5. The van der Waals surface area contributed by atoms with Gasteiger partial charge in [-0.25, -0.2) is 0 Å². The van der Waals surface area contributed by atoms with Gasteiger partial charge in [0.2, 0.25) is 0 Å². The monoisotopic (exact) mass is 327 g/mol. The molecule has 1 heteroatoms. The first-order chi connectivity index (χ1) is 11.4. The van der Waals surface area contributed by atoms with Crippen molar-refractivity contribution in [2.45, 2.75) is 71.1 Å². The molecule has 0 bridgehead atoms. The van der Waals surface area contributed by atoms with Crippen molar-refractivity contribution < 1.29 is 0 Å². The highest BCUT2D eigenvalue weighted by molar-refractivity contribution is 7.47. The van der Waals surface area contributed by atoms with Crippen LogP contribution in [0.15, 0.2) is 42.5 Å². The molecule has 0 N–H and O–H groups in total. The molecular weight excluding hydrogens is 295 g/mol. The van der Waals surface area contributed by atoms with E-state index in [-0.39, 0.29) is 0 Å². The molecule has 2 rings (SSSR count). The molecule has 0 aliphatic heterocycles. The third-order valence-electron chi connectivity index (χ3n) is 4.56. The molecule has 0 fully saturated rings. The highest BCUT2D eigenvalue weighted by Crippen LogP contribution is 2.21. The van der Waals surface area contributed by atoms with E-state index in [0.29, 0.717) is 0 Å². The standard InChI is InChI=1S/C22H32P/c1-2-3-4-5-6-7-8-9-10-13-19-23-22-18-14-16-20-15-11-12-17-21(20)22/h11-12,14-18H,2-10,13,19H2,1H3. The third-order valence-corrected chi connectivity index (χ3v) is 5.83. The number of unbranched alkanes of at least 4 members (excludes halogenated alkanes) is 9. The molecule has 0 aliphatic carbocycles. The molecule has 2 aromatic carbocycles. The van der Waals surface area contributed by atoms with Gasteiger partial charge in [-0.3, -0.25) is 0 Å². The number of fused-ring (bicyclic) bond motifs is 1. The molecule has 0 nitrogen and oxygen atoms in total. The van der Waals surface area contributed by atoms with Crippen LogP contribution in [0.1, 0.15) is 71.1 Å². The van der Waals surface area contributed by atoms with Gasteiger partial charge >= 0.3 is 0 Å². The Morgan fingerprint density at radius 3 is 2.00 bits per heavy atom. The Kier molecular flexibility index (Phi) is 9.34. The second kappa shape index (κ2) is 11.6. The predicted molar refractivity (Wildman–Crippen MR) is 107 cm³/mol. The van der Waals surface area contributed by atoms with Gasteiger partial charge in [-0.05, 0) is 37.2 Å². The van der Waals surface area contributed by atoms with Crippen molar-refractivity contribution in [1.29, 1.82) is 0 Å². The smallest absolute Gasteiger partial charge is 0.0103 e. The van der Waals surface area contributed by atoms with Crippen molar-refractivity contribution in [2.24, 2.45) is 0 Å². The third kappa shape index (κ3) is 7.05. The fourth-order valence-corrected chi connectivity index (χ4v) is 4.33. The van der Waals surface area contributed by atoms with Crippen LogP contribution < -0.4 is 5.30 Å². The molecule has 2 aromatic rings. The maximum atomic E-state index is 2.29. The molecule has 0 saturated heterocycles. The second-order valence-corrected chi connectivity index (χ2v) is 7.81. The van der Waals surface area contributed by atoms with Gasteiger partial charge in [0.05, 0.1) is 0 Å². The lowest BCUT2D eigenvalue weighted by Gasteiger charge is -2.06. The first-order valence-electron chi connectivity index (χ1n) is 9.57. The molecule has 0 aromatic heterocycles. The number of benzene rings is 2. The van der Waals surface area contributed by atoms with Crippen LogP contribution in [0.3, 0.4) is 0 Å². The zero-order valence-electron chi connectivity index (χ0n) is 14.8. The van der Waals surface area contributed by atoms with Gasteiger partial charge in [0.25, 0.3) is 0 Å². The molecule has 0 saturated carbocycles. The van der Waals surface area contributed by atoms with Crippen LogP contribution in [0.2, 0.25) is 0 Å². The number of hydrogen-bond acceptors (Lipinski definition) is 0. The lowest BCUT2D eigenvalue weighted by atomic mass is 10.1. The number of hydrogen-bond donors (Lipinski definition) is 0. The van der Waals surface area contributed by atoms with Crippen molar-refractivity contribution in [3.63, 3.8) is 0 Å². The van der Waals surface area contributed by atoms with Gasteiger partial charge in [0.15, 0.2) is 0 Å². The van der Waals surface area contributed by atoms with Gasteiger partial charge in [-0.1, -0.05) is 107 Å². The fraction of sp³-hybridized carbons (Fsp3) is 0.545. The Morgan fingerprint density at radius 2 is 1.26 bits per heavy atom. The maximum absolute atomic E-state index is 2.29. The van der Waals surface area contributed by atoms with Crippen LogP contribution >= 0.6 is 8.58 Å². The summed E-state index contributed by atoms with van der Waals surface area (Å²) >= 11 is 0. The van der Waals surface area contributed by atoms with Gasteiger partial charge in [0, 0.05) is 0 Å². The van der Waals surface area contributed by atoms with E-state index in [4.69, 9.17) is 0 Å². The Balaban J connectivity index is 1.54. The SMILES string of the molecule is CCCCCCCCCCCC[P]c1cccc2ccccc12. The molecule has 0 heterocycles. The van der Waals surface area contributed by atoms with E-state index in [1.807, 2.05) is 0 Å². The van der Waals surface area contributed by atoms with Crippen LogP contribution in [0.25, 0.3) is 10.8 Å². The van der Waals surface area contributed by atoms with Crippen LogP contribution in [0.4, 0.5) is 0 Å². The minimum Gasteiger partial charge on any atom is -0.0654 e. The van der Waals surface area contributed by atoms with Crippen LogP contribution in [-0.2, 0) is 0 Å². The molecule has 0 aliphatic rings. The highest BCUT2D eigenvalue weighted by atomic mass is 31.1. The predicted octanol–water partition coefficient (Wildman–Crippen LogP) is 7.33. The molecule has 125 valence electrons. The molecular formula is C22H32P. The summed E-state index contributed by atoms with van der Waals surface area (Å²) in [4.78, 5) is 0. The summed E-state index contributed by atoms with van der Waals surface area (Å²) in [6.07, 6.45) is 15.5. The first-order valence-corrected chi connectivity index (χ1v) is 10.6. The van der Waals surface area contributed by atoms with Crippen molar-refractivity contribution in [3.05, 3.63) is 42.5 Å². The lowest BCUT2D eigenvalue weighted by molar-refractivity contribution is 0.563.